The molecule has 1 aromatic heterocycles. The zero-order valence-electron chi connectivity index (χ0n) is 21.4. The summed E-state index contributed by atoms with van der Waals surface area (Å²) in [6.45, 7) is 1.88. The van der Waals surface area contributed by atoms with Crippen molar-refractivity contribution in [1.82, 2.24) is 4.98 Å². The molecule has 2 bridgehead atoms. The number of benzene rings is 2. The Bertz CT molecular complexity index is 1570. The van der Waals surface area contributed by atoms with Crippen LogP contribution in [0.3, 0.4) is 0 Å². The van der Waals surface area contributed by atoms with E-state index in [0.717, 1.165) is 26.4 Å². The van der Waals surface area contributed by atoms with Crippen molar-refractivity contribution in [3.05, 3.63) is 73.1 Å². The summed E-state index contributed by atoms with van der Waals surface area (Å²) in [5.41, 5.74) is 1.64. The van der Waals surface area contributed by atoms with Crippen LogP contribution in [0.1, 0.15) is 29.7 Å². The summed E-state index contributed by atoms with van der Waals surface area (Å²) in [5, 5.41) is 0.991. The molecule has 0 radical (unpaired) electrons. The monoisotopic (exact) mass is 640 g/mol. The van der Waals surface area contributed by atoms with E-state index in [2.05, 4.69) is 20.9 Å². The van der Waals surface area contributed by atoms with Gasteiger partial charge in [-0.05, 0) is 73.1 Å². The van der Waals surface area contributed by atoms with Crippen molar-refractivity contribution in [3.63, 3.8) is 0 Å². The molecule has 206 valence electrons. The molecule has 7 rings (SSSR count). The summed E-state index contributed by atoms with van der Waals surface area (Å²) >= 11 is 6.33. The Morgan fingerprint density at radius 3 is 2.42 bits per heavy atom. The number of esters is 1. The zero-order chi connectivity index (χ0) is 27.7. The number of halogens is 1. The summed E-state index contributed by atoms with van der Waals surface area (Å²) in [6.07, 6.45) is 0.833. The molecule has 2 amide bonds. The van der Waals surface area contributed by atoms with E-state index >= 15 is 0 Å². The Hall–Kier alpha value is -2.89. The van der Waals surface area contributed by atoms with Crippen LogP contribution in [0.15, 0.2) is 62.8 Å². The van der Waals surface area contributed by atoms with Gasteiger partial charge in [0.1, 0.15) is 5.75 Å². The molecule has 11 heteroatoms. The molecule has 1 N–H and O–H groups in total. The maximum Gasteiger partial charge on any atom is 0.344 e. The topological polar surface area (TPSA) is 106 Å². The maximum atomic E-state index is 13.8. The maximum absolute atomic E-state index is 13.8. The number of thiazole rings is 1. The average molecular weight is 642 g/mol. The molecule has 6 unspecified atom stereocenters. The lowest BCUT2D eigenvalue weighted by atomic mass is 9.68. The van der Waals surface area contributed by atoms with Gasteiger partial charge in [-0.3, -0.25) is 19.3 Å². The van der Waals surface area contributed by atoms with Crippen molar-refractivity contribution in [3.8, 4) is 5.75 Å². The number of anilines is 1. The first kappa shape index (κ1) is 26.0. The first-order valence-electron chi connectivity index (χ1n) is 13.3. The van der Waals surface area contributed by atoms with Gasteiger partial charge in [0.25, 0.3) is 0 Å². The molecule has 7 atom stereocenters. The van der Waals surface area contributed by atoms with Gasteiger partial charge in [0.2, 0.25) is 11.8 Å². The van der Waals surface area contributed by atoms with E-state index in [9.17, 15) is 19.2 Å². The number of hydrogen-bond donors (Lipinski definition) is 1. The second-order valence-electron chi connectivity index (χ2n) is 10.6. The number of ether oxygens (including phenoxy) is 2. The molecule has 8 nitrogen and oxygen atoms in total. The Labute approximate surface area is 246 Å². The van der Waals surface area contributed by atoms with Crippen molar-refractivity contribution in [2.24, 2.45) is 29.6 Å². The Kier molecular flexibility index (Phi) is 6.43. The molecule has 1 saturated heterocycles. The fraction of sp³-hybridized carbons (Fsp3) is 0.379. The van der Waals surface area contributed by atoms with Gasteiger partial charge < -0.3 is 14.5 Å². The number of fused-ring (bicyclic) bond motifs is 9. The molecule has 0 spiro atoms. The molecule has 3 aromatic rings. The minimum Gasteiger partial charge on any atom is -0.482 e. The van der Waals surface area contributed by atoms with Crippen LogP contribution in [0, 0.1) is 29.6 Å². The van der Waals surface area contributed by atoms with E-state index in [0.29, 0.717) is 18.0 Å². The summed E-state index contributed by atoms with van der Waals surface area (Å²) in [5.74, 6) is -0.631. The molecular formula is C29H25BrN2O6S2. The Morgan fingerprint density at radius 1 is 1.02 bits per heavy atom. The minimum atomic E-state index is -0.426. The number of carbonyl (C=O) groups excluding carboxylic acids is 3. The predicted molar refractivity (Wildman–Crippen MR) is 154 cm³/mol. The number of hydrogen-bond acceptors (Lipinski definition) is 8. The van der Waals surface area contributed by atoms with E-state index < -0.39 is 5.97 Å². The number of thioether (sulfide) groups is 1. The van der Waals surface area contributed by atoms with Crippen LogP contribution in [-0.2, 0) is 19.1 Å². The molecule has 2 aliphatic carbocycles. The number of aromatic amines is 1. The Balaban J connectivity index is 1.22. The van der Waals surface area contributed by atoms with E-state index in [1.807, 2.05) is 36.4 Å². The minimum absolute atomic E-state index is 0.0412. The van der Waals surface area contributed by atoms with Crippen molar-refractivity contribution < 1.29 is 23.9 Å². The van der Waals surface area contributed by atoms with Crippen LogP contribution >= 0.6 is 39.0 Å². The van der Waals surface area contributed by atoms with E-state index in [1.165, 1.54) is 16.2 Å². The second-order valence-corrected chi connectivity index (χ2v) is 13.7. The summed E-state index contributed by atoms with van der Waals surface area (Å²) < 4.78 is 11.4. The van der Waals surface area contributed by atoms with Crippen LogP contribution in [0.25, 0.3) is 0 Å². The normalized spacial score (nSPS) is 29.8. The lowest BCUT2D eigenvalue weighted by molar-refractivity contribution is -0.145. The zero-order valence-corrected chi connectivity index (χ0v) is 24.6. The lowest BCUT2D eigenvalue weighted by Gasteiger charge is -2.43. The number of carbonyl (C=O) groups is 3. The quantitative estimate of drug-likeness (QED) is 0.304. The van der Waals surface area contributed by atoms with E-state index in [4.69, 9.17) is 9.47 Å². The van der Waals surface area contributed by atoms with Crippen molar-refractivity contribution in [1.29, 1.82) is 0 Å². The highest BCUT2D eigenvalue weighted by Gasteiger charge is 2.69. The van der Waals surface area contributed by atoms with Crippen LogP contribution in [-0.4, -0.2) is 41.2 Å². The van der Waals surface area contributed by atoms with Gasteiger partial charge in [-0.25, -0.2) is 4.79 Å². The highest BCUT2D eigenvalue weighted by Crippen LogP contribution is 2.68. The number of nitrogens with zero attached hydrogens (tertiary/aromatic N) is 1. The van der Waals surface area contributed by atoms with Gasteiger partial charge in [-0.2, -0.15) is 0 Å². The summed E-state index contributed by atoms with van der Waals surface area (Å²) in [7, 11) is 0. The first-order chi connectivity index (χ1) is 19.4. The van der Waals surface area contributed by atoms with Gasteiger partial charge in [0.15, 0.2) is 6.61 Å². The summed E-state index contributed by atoms with van der Waals surface area (Å²) in [6, 6.07) is 14.9. The SMILES string of the molecule is CCOC(=O)COc1ccc([C@H]2c3sc(=O)[nH]c3SC3C4CC(C5C(=O)N(c6ccc(Br)cc6)C(=O)C45)C32)cc1. The number of aromatic nitrogens is 1. The van der Waals surface area contributed by atoms with Gasteiger partial charge >= 0.3 is 10.8 Å². The molecule has 2 saturated carbocycles. The summed E-state index contributed by atoms with van der Waals surface area (Å²) in [4.78, 5) is 57.0. The number of imide groups is 1. The van der Waals surface area contributed by atoms with Crippen LogP contribution in [0.4, 0.5) is 5.69 Å². The number of amides is 2. The molecule has 2 aliphatic heterocycles. The highest BCUT2D eigenvalue weighted by molar-refractivity contribution is 9.10. The average Bonchev–Trinajstić information content (AvgIpc) is 3.67. The van der Waals surface area contributed by atoms with Gasteiger partial charge in [-0.1, -0.05) is 39.4 Å². The standard InChI is InChI=1S/C29H25BrN2O6S2/c1-2-37-19(33)12-38-16-9-3-13(4-10-16)20-21-17-11-18(24(21)39-26-25(20)40-29(36)31-26)23-22(17)27(34)32(28(23)35)15-7-5-14(30)6-8-15/h3-10,17-18,20-24H,2,11-12H2,1H3,(H,31,36)/t17?,18?,20-,21?,22?,23?,24?/m1/s1. The molecule has 3 fully saturated rings. The third-order valence-corrected chi connectivity index (χ3v) is 11.8. The van der Waals surface area contributed by atoms with Gasteiger partial charge in [-0.15, -0.1) is 11.8 Å². The fourth-order valence-electron chi connectivity index (χ4n) is 7.35. The van der Waals surface area contributed by atoms with E-state index in [-0.39, 0.29) is 64.1 Å². The van der Waals surface area contributed by atoms with Crippen molar-refractivity contribution in [2.75, 3.05) is 18.1 Å². The first-order valence-corrected chi connectivity index (χ1v) is 15.8. The van der Waals surface area contributed by atoms with Gasteiger partial charge in [0, 0.05) is 20.5 Å². The largest absolute Gasteiger partial charge is 0.482 e. The number of nitrogens with one attached hydrogen (secondary N) is 1. The van der Waals surface area contributed by atoms with E-state index in [1.54, 1.807) is 30.8 Å². The lowest BCUT2D eigenvalue weighted by Crippen LogP contribution is -2.42. The molecule has 40 heavy (non-hydrogen) atoms. The predicted octanol–water partition coefficient (Wildman–Crippen LogP) is 4.82. The van der Waals surface area contributed by atoms with Crippen molar-refractivity contribution >= 4 is 62.5 Å². The number of H-pyrrole nitrogens is 1. The number of rotatable bonds is 6. The molecule has 2 aromatic carbocycles. The second kappa shape index (κ2) is 9.88. The fourth-order valence-corrected chi connectivity index (χ4v) is 10.5. The molecule has 3 heterocycles. The third kappa shape index (κ3) is 4.00. The van der Waals surface area contributed by atoms with Gasteiger partial charge in [0.05, 0.1) is 29.2 Å². The van der Waals surface area contributed by atoms with Crippen molar-refractivity contribution in [2.45, 2.75) is 29.5 Å². The smallest absolute Gasteiger partial charge is 0.344 e. The molecule has 4 aliphatic rings. The Morgan fingerprint density at radius 2 is 1.73 bits per heavy atom. The highest BCUT2D eigenvalue weighted by atomic mass is 79.9. The molecular weight excluding hydrogens is 616 g/mol. The van der Waals surface area contributed by atoms with Crippen LogP contribution in [0.5, 0.6) is 5.75 Å². The van der Waals surface area contributed by atoms with Crippen LogP contribution < -0.4 is 14.5 Å². The third-order valence-electron chi connectivity index (χ3n) is 8.71. The van der Waals surface area contributed by atoms with Crippen LogP contribution in [0.2, 0.25) is 0 Å².